The van der Waals surface area contributed by atoms with Crippen molar-refractivity contribution in [1.82, 2.24) is 5.32 Å². The number of nitrogens with two attached hydrogens (primary N) is 1. The Morgan fingerprint density at radius 2 is 1.80 bits per heavy atom. The Morgan fingerprint density at radius 3 is 2.40 bits per heavy atom. The van der Waals surface area contributed by atoms with Crippen molar-refractivity contribution in [2.45, 2.75) is 13.1 Å². The van der Waals surface area contributed by atoms with Gasteiger partial charge in [-0.25, -0.2) is 4.39 Å². The van der Waals surface area contributed by atoms with Crippen molar-refractivity contribution >= 4 is 18.3 Å². The number of halogens is 2. The summed E-state index contributed by atoms with van der Waals surface area (Å²) >= 11 is 0. The fourth-order valence-electron chi connectivity index (χ4n) is 1.72. The predicted molar refractivity (Wildman–Crippen MR) is 79.2 cm³/mol. The molecule has 0 radical (unpaired) electrons. The first kappa shape index (κ1) is 16.1. The lowest BCUT2D eigenvalue weighted by Crippen LogP contribution is -2.22. The summed E-state index contributed by atoms with van der Waals surface area (Å²) in [4.78, 5) is 11.9. The van der Waals surface area contributed by atoms with Crippen LogP contribution < -0.4 is 11.1 Å². The number of hydrogen-bond donors (Lipinski definition) is 2. The normalized spacial score (nSPS) is 9.70. The monoisotopic (exact) mass is 294 g/mol. The zero-order valence-electron chi connectivity index (χ0n) is 10.8. The van der Waals surface area contributed by atoms with Gasteiger partial charge in [0.2, 0.25) is 0 Å². The molecule has 0 heterocycles. The smallest absolute Gasteiger partial charge is 0.251 e. The van der Waals surface area contributed by atoms with Crippen LogP contribution in [0.15, 0.2) is 48.5 Å². The van der Waals surface area contributed by atoms with Crippen molar-refractivity contribution in [2.24, 2.45) is 5.73 Å². The molecule has 2 aromatic rings. The van der Waals surface area contributed by atoms with Crippen molar-refractivity contribution in [3.05, 3.63) is 71.0 Å². The largest absolute Gasteiger partial charge is 0.348 e. The van der Waals surface area contributed by atoms with Crippen LogP contribution in [0.25, 0.3) is 0 Å². The molecule has 1 amide bonds. The van der Waals surface area contributed by atoms with Gasteiger partial charge in [0.25, 0.3) is 5.91 Å². The highest BCUT2D eigenvalue weighted by Gasteiger charge is 2.05. The molecule has 0 saturated carbocycles. The minimum absolute atomic E-state index is 0. The van der Waals surface area contributed by atoms with Gasteiger partial charge in [0.05, 0.1) is 0 Å². The first-order valence-corrected chi connectivity index (χ1v) is 6.00. The molecule has 3 nitrogen and oxygen atoms in total. The lowest BCUT2D eigenvalue weighted by atomic mass is 10.1. The van der Waals surface area contributed by atoms with Crippen LogP contribution in [-0.4, -0.2) is 5.91 Å². The second-order valence-electron chi connectivity index (χ2n) is 4.21. The summed E-state index contributed by atoms with van der Waals surface area (Å²) in [6.45, 7) is 0.750. The summed E-state index contributed by atoms with van der Waals surface area (Å²) in [5.41, 5.74) is 7.75. The Kier molecular flexibility index (Phi) is 6.15. The average molecular weight is 295 g/mol. The Balaban J connectivity index is 0.00000200. The Labute approximate surface area is 123 Å². The number of hydrogen-bond acceptors (Lipinski definition) is 2. The zero-order valence-corrected chi connectivity index (χ0v) is 11.6. The molecule has 20 heavy (non-hydrogen) atoms. The van der Waals surface area contributed by atoms with Crippen LogP contribution in [0.5, 0.6) is 0 Å². The summed E-state index contributed by atoms with van der Waals surface area (Å²) in [6.07, 6.45) is 0. The summed E-state index contributed by atoms with van der Waals surface area (Å²) in [5, 5.41) is 2.74. The zero-order chi connectivity index (χ0) is 13.7. The number of benzene rings is 2. The highest BCUT2D eigenvalue weighted by atomic mass is 35.5. The summed E-state index contributed by atoms with van der Waals surface area (Å²) in [7, 11) is 0. The van der Waals surface area contributed by atoms with Crippen LogP contribution in [0, 0.1) is 5.82 Å². The van der Waals surface area contributed by atoms with Crippen LogP contribution >= 0.6 is 12.4 Å². The van der Waals surface area contributed by atoms with Gasteiger partial charge in [-0.15, -0.1) is 12.4 Å². The molecule has 0 bridgehead atoms. The Hall–Kier alpha value is -1.91. The van der Waals surface area contributed by atoms with Gasteiger partial charge >= 0.3 is 0 Å². The molecule has 2 aromatic carbocycles. The molecular formula is C15H16ClFN2O. The van der Waals surface area contributed by atoms with E-state index < -0.39 is 0 Å². The van der Waals surface area contributed by atoms with Crippen LogP contribution in [0.4, 0.5) is 4.39 Å². The quantitative estimate of drug-likeness (QED) is 0.911. The molecule has 106 valence electrons. The minimum atomic E-state index is -0.306. The molecule has 0 aliphatic heterocycles. The maximum Gasteiger partial charge on any atom is 0.251 e. The van der Waals surface area contributed by atoms with Gasteiger partial charge in [0.15, 0.2) is 0 Å². The Morgan fingerprint density at radius 1 is 1.10 bits per heavy atom. The van der Waals surface area contributed by atoms with Gasteiger partial charge in [-0.2, -0.15) is 0 Å². The SMILES string of the molecule is Cl.NCc1ccc(C(=O)NCc2cccc(F)c2)cc1. The lowest BCUT2D eigenvalue weighted by Gasteiger charge is -2.06. The van der Waals surface area contributed by atoms with Gasteiger partial charge in [-0.3, -0.25) is 4.79 Å². The molecule has 0 saturated heterocycles. The van der Waals surface area contributed by atoms with E-state index in [9.17, 15) is 9.18 Å². The van der Waals surface area contributed by atoms with E-state index in [-0.39, 0.29) is 24.1 Å². The molecule has 0 fully saturated rings. The van der Waals surface area contributed by atoms with E-state index in [4.69, 9.17) is 5.73 Å². The highest BCUT2D eigenvalue weighted by molar-refractivity contribution is 5.94. The number of rotatable bonds is 4. The first-order chi connectivity index (χ1) is 9.19. The number of carbonyl (C=O) groups excluding carboxylic acids is 1. The van der Waals surface area contributed by atoms with E-state index in [0.717, 1.165) is 11.1 Å². The van der Waals surface area contributed by atoms with Gasteiger partial charge in [0, 0.05) is 18.7 Å². The van der Waals surface area contributed by atoms with Crippen LogP contribution in [0.2, 0.25) is 0 Å². The molecule has 2 rings (SSSR count). The molecule has 0 atom stereocenters. The van der Waals surface area contributed by atoms with Crippen LogP contribution in [0.3, 0.4) is 0 Å². The lowest BCUT2D eigenvalue weighted by molar-refractivity contribution is 0.0951. The predicted octanol–water partition coefficient (Wildman–Crippen LogP) is 2.64. The average Bonchev–Trinajstić information content (AvgIpc) is 2.45. The van der Waals surface area contributed by atoms with E-state index in [2.05, 4.69) is 5.32 Å². The van der Waals surface area contributed by atoms with Gasteiger partial charge in [-0.05, 0) is 35.4 Å². The molecule has 0 aliphatic carbocycles. The molecular weight excluding hydrogens is 279 g/mol. The third-order valence-electron chi connectivity index (χ3n) is 2.79. The fraction of sp³-hybridized carbons (Fsp3) is 0.133. The van der Waals surface area contributed by atoms with Gasteiger partial charge < -0.3 is 11.1 Å². The van der Waals surface area contributed by atoms with Gasteiger partial charge in [0.1, 0.15) is 5.82 Å². The minimum Gasteiger partial charge on any atom is -0.348 e. The standard InChI is InChI=1S/C15H15FN2O.ClH/c16-14-3-1-2-12(8-14)10-18-15(19)13-6-4-11(9-17)5-7-13;/h1-8H,9-10,17H2,(H,18,19);1H. The van der Waals surface area contributed by atoms with E-state index in [0.29, 0.717) is 18.7 Å². The number of carbonyl (C=O) groups is 1. The molecule has 3 N–H and O–H groups in total. The topological polar surface area (TPSA) is 55.1 Å². The molecule has 0 aliphatic rings. The van der Waals surface area contributed by atoms with Crippen molar-refractivity contribution < 1.29 is 9.18 Å². The van der Waals surface area contributed by atoms with Crippen molar-refractivity contribution in [1.29, 1.82) is 0 Å². The van der Waals surface area contributed by atoms with Crippen molar-refractivity contribution in [3.63, 3.8) is 0 Å². The van der Waals surface area contributed by atoms with Crippen LogP contribution in [-0.2, 0) is 13.1 Å². The van der Waals surface area contributed by atoms with Crippen molar-refractivity contribution in [3.8, 4) is 0 Å². The maximum absolute atomic E-state index is 13.0. The third-order valence-corrected chi connectivity index (χ3v) is 2.79. The molecule has 0 aromatic heterocycles. The maximum atomic E-state index is 13.0. The molecule has 5 heteroatoms. The summed E-state index contributed by atoms with van der Waals surface area (Å²) in [5.74, 6) is -0.494. The van der Waals surface area contributed by atoms with Crippen molar-refractivity contribution in [2.75, 3.05) is 0 Å². The van der Waals surface area contributed by atoms with E-state index in [1.807, 2.05) is 12.1 Å². The highest BCUT2D eigenvalue weighted by Crippen LogP contribution is 2.06. The van der Waals surface area contributed by atoms with E-state index in [1.165, 1.54) is 12.1 Å². The molecule has 0 spiro atoms. The molecule has 0 unspecified atom stereocenters. The van der Waals surface area contributed by atoms with E-state index >= 15 is 0 Å². The summed E-state index contributed by atoms with van der Waals surface area (Å²) < 4.78 is 13.0. The first-order valence-electron chi connectivity index (χ1n) is 6.00. The third kappa shape index (κ3) is 4.33. The summed E-state index contributed by atoms with van der Waals surface area (Å²) in [6, 6.07) is 13.2. The number of amides is 1. The second kappa shape index (κ2) is 7.62. The van der Waals surface area contributed by atoms with Gasteiger partial charge in [-0.1, -0.05) is 24.3 Å². The van der Waals surface area contributed by atoms with Crippen LogP contribution in [0.1, 0.15) is 21.5 Å². The Bertz CT molecular complexity index is 572. The van der Waals surface area contributed by atoms with E-state index in [1.54, 1.807) is 24.3 Å². The fourth-order valence-corrected chi connectivity index (χ4v) is 1.72. The number of nitrogens with one attached hydrogen (secondary N) is 1. The second-order valence-corrected chi connectivity index (χ2v) is 4.21.